The van der Waals surface area contributed by atoms with Gasteiger partial charge in [0, 0.05) is 25.9 Å². The Hall–Kier alpha value is -3.15. The van der Waals surface area contributed by atoms with Gasteiger partial charge in [-0.05, 0) is 48.9 Å². The van der Waals surface area contributed by atoms with Gasteiger partial charge in [-0.15, -0.1) is 0 Å². The molecule has 0 aliphatic carbocycles. The molecule has 1 saturated heterocycles. The molecule has 0 atom stereocenters. The van der Waals surface area contributed by atoms with Gasteiger partial charge in [0.25, 0.3) is 0 Å². The highest BCUT2D eigenvalue weighted by Crippen LogP contribution is 2.24. The Kier molecular flexibility index (Phi) is 5.60. The third kappa shape index (κ3) is 4.47. The number of hydrogen-bond acceptors (Lipinski definition) is 4. The number of oxazole rings is 1. The van der Waals surface area contributed by atoms with E-state index in [1.165, 1.54) is 0 Å². The van der Waals surface area contributed by atoms with E-state index in [0.29, 0.717) is 43.3 Å². The van der Waals surface area contributed by atoms with E-state index >= 15 is 0 Å². The normalized spacial score (nSPS) is 15.0. The molecule has 0 spiro atoms. The first-order valence-corrected chi connectivity index (χ1v) is 10.0. The van der Waals surface area contributed by atoms with Crippen molar-refractivity contribution in [3.8, 4) is 0 Å². The van der Waals surface area contributed by atoms with Crippen molar-refractivity contribution >= 4 is 23.0 Å². The Balaban J connectivity index is 1.28. The molecule has 2 heterocycles. The van der Waals surface area contributed by atoms with Crippen molar-refractivity contribution in [3.05, 3.63) is 65.5 Å². The summed E-state index contributed by atoms with van der Waals surface area (Å²) in [4.78, 5) is 30.3. The fourth-order valence-corrected chi connectivity index (χ4v) is 4.00. The molecule has 0 saturated carbocycles. The molecule has 1 amide bonds. The number of likely N-dealkylation sites (tertiary alicyclic amines) is 1. The lowest BCUT2D eigenvalue weighted by atomic mass is 9.88. The van der Waals surface area contributed by atoms with Crippen LogP contribution in [0.3, 0.4) is 0 Å². The summed E-state index contributed by atoms with van der Waals surface area (Å²) in [5.41, 5.74) is 2.82. The molecule has 6 heteroatoms. The number of aryl methyl sites for hydroxylation is 1. The smallest absolute Gasteiger partial charge is 0.335 e. The van der Waals surface area contributed by atoms with Crippen molar-refractivity contribution in [2.75, 3.05) is 13.1 Å². The zero-order valence-corrected chi connectivity index (χ0v) is 16.2. The second-order valence-electron chi connectivity index (χ2n) is 7.57. The lowest BCUT2D eigenvalue weighted by molar-refractivity contribution is -0.132. The molecule has 29 heavy (non-hydrogen) atoms. The number of carboxylic acid groups (broad SMARTS) is 1. The molecular formula is C23H24N2O4. The number of carboxylic acids is 1. The van der Waals surface area contributed by atoms with Crippen LogP contribution in [0, 0.1) is 5.92 Å². The van der Waals surface area contributed by atoms with Gasteiger partial charge in [0.1, 0.15) is 5.52 Å². The van der Waals surface area contributed by atoms with E-state index in [-0.39, 0.29) is 5.91 Å². The van der Waals surface area contributed by atoms with E-state index in [1.807, 2.05) is 41.3 Å². The summed E-state index contributed by atoms with van der Waals surface area (Å²) in [6.07, 6.45) is 3.41. The Labute approximate surface area is 169 Å². The van der Waals surface area contributed by atoms with Gasteiger partial charge < -0.3 is 14.4 Å². The van der Waals surface area contributed by atoms with E-state index in [9.17, 15) is 14.7 Å². The highest BCUT2D eigenvalue weighted by molar-refractivity contribution is 5.89. The maximum absolute atomic E-state index is 12.6. The molecule has 0 bridgehead atoms. The summed E-state index contributed by atoms with van der Waals surface area (Å²) in [6.45, 7) is 1.43. The molecule has 1 N–H and O–H groups in total. The van der Waals surface area contributed by atoms with Crippen LogP contribution in [0.1, 0.15) is 41.1 Å². The van der Waals surface area contributed by atoms with E-state index < -0.39 is 5.97 Å². The Bertz CT molecular complexity index is 985. The second-order valence-corrected chi connectivity index (χ2v) is 7.57. The van der Waals surface area contributed by atoms with Crippen LogP contribution in [-0.4, -0.2) is 40.0 Å². The predicted octanol–water partition coefficient (Wildman–Crippen LogP) is 3.94. The lowest BCUT2D eigenvalue weighted by Gasteiger charge is -2.32. The summed E-state index contributed by atoms with van der Waals surface area (Å²) in [5.74, 6) is 0.236. The van der Waals surface area contributed by atoms with Crippen molar-refractivity contribution < 1.29 is 19.1 Å². The minimum Gasteiger partial charge on any atom is -0.478 e. The van der Waals surface area contributed by atoms with E-state index in [1.54, 1.807) is 12.1 Å². The SMILES string of the molecule is O=C(O)c1ccccc1CC1CCN(C(=O)CCc2nc3ccccc3o2)CC1. The zero-order valence-electron chi connectivity index (χ0n) is 16.2. The molecular weight excluding hydrogens is 368 g/mol. The Morgan fingerprint density at radius 2 is 1.79 bits per heavy atom. The topological polar surface area (TPSA) is 83.6 Å². The van der Waals surface area contributed by atoms with Crippen molar-refractivity contribution in [2.45, 2.75) is 32.1 Å². The summed E-state index contributed by atoms with van der Waals surface area (Å²) in [6, 6.07) is 14.8. The van der Waals surface area contributed by atoms with Gasteiger partial charge in [-0.25, -0.2) is 9.78 Å². The van der Waals surface area contributed by atoms with Gasteiger partial charge in [0.2, 0.25) is 5.91 Å². The van der Waals surface area contributed by atoms with E-state index in [4.69, 9.17) is 4.42 Å². The monoisotopic (exact) mass is 392 g/mol. The number of rotatable bonds is 6. The zero-order chi connectivity index (χ0) is 20.2. The maximum Gasteiger partial charge on any atom is 0.335 e. The molecule has 1 aliphatic rings. The highest BCUT2D eigenvalue weighted by Gasteiger charge is 2.24. The number of carbonyl (C=O) groups excluding carboxylic acids is 1. The third-order valence-electron chi connectivity index (χ3n) is 5.61. The van der Waals surface area contributed by atoms with Crippen LogP contribution in [0.2, 0.25) is 0 Å². The number of fused-ring (bicyclic) bond motifs is 1. The quantitative estimate of drug-likeness (QED) is 0.687. The van der Waals surface area contributed by atoms with Gasteiger partial charge in [0.15, 0.2) is 11.5 Å². The molecule has 1 fully saturated rings. The Morgan fingerprint density at radius 3 is 2.55 bits per heavy atom. The van der Waals surface area contributed by atoms with Gasteiger partial charge in [-0.3, -0.25) is 4.79 Å². The molecule has 2 aromatic carbocycles. The average Bonchev–Trinajstić information content (AvgIpc) is 3.16. The fraction of sp³-hybridized carbons (Fsp3) is 0.348. The second kappa shape index (κ2) is 8.47. The third-order valence-corrected chi connectivity index (χ3v) is 5.61. The lowest BCUT2D eigenvalue weighted by Crippen LogP contribution is -2.39. The van der Waals surface area contributed by atoms with Gasteiger partial charge in [-0.1, -0.05) is 30.3 Å². The molecule has 6 nitrogen and oxygen atoms in total. The first-order valence-electron chi connectivity index (χ1n) is 10.0. The minimum absolute atomic E-state index is 0.122. The molecule has 0 radical (unpaired) electrons. The number of aromatic carboxylic acids is 1. The van der Waals surface area contributed by atoms with Crippen molar-refractivity contribution in [3.63, 3.8) is 0 Å². The van der Waals surface area contributed by atoms with Crippen molar-refractivity contribution in [2.24, 2.45) is 5.92 Å². The summed E-state index contributed by atoms with van der Waals surface area (Å²) in [5, 5.41) is 9.34. The molecule has 3 aromatic rings. The molecule has 4 rings (SSSR count). The summed E-state index contributed by atoms with van der Waals surface area (Å²) >= 11 is 0. The maximum atomic E-state index is 12.6. The van der Waals surface area contributed by atoms with Gasteiger partial charge >= 0.3 is 5.97 Å². The summed E-state index contributed by atoms with van der Waals surface area (Å²) in [7, 11) is 0. The number of aromatic nitrogens is 1. The van der Waals surface area contributed by atoms with Crippen LogP contribution in [0.5, 0.6) is 0 Å². The standard InChI is InChI=1S/C23H24N2O4/c26-22(10-9-21-24-19-7-3-4-8-20(19)29-21)25-13-11-16(12-14-25)15-17-5-1-2-6-18(17)23(27)28/h1-8,16H,9-15H2,(H,27,28). The van der Waals surface area contributed by atoms with Gasteiger partial charge in [-0.2, -0.15) is 0 Å². The van der Waals surface area contributed by atoms with Crippen LogP contribution in [0.15, 0.2) is 52.9 Å². The predicted molar refractivity (Wildman–Crippen MR) is 109 cm³/mol. The molecule has 1 aromatic heterocycles. The molecule has 150 valence electrons. The van der Waals surface area contributed by atoms with Gasteiger partial charge in [0.05, 0.1) is 5.56 Å². The number of nitrogens with zero attached hydrogens (tertiary/aromatic N) is 2. The number of carbonyl (C=O) groups is 2. The minimum atomic E-state index is -0.882. The Morgan fingerprint density at radius 1 is 1.07 bits per heavy atom. The first-order chi connectivity index (χ1) is 14.1. The van der Waals surface area contributed by atoms with Crippen LogP contribution < -0.4 is 0 Å². The van der Waals surface area contributed by atoms with Crippen LogP contribution in [-0.2, 0) is 17.6 Å². The highest BCUT2D eigenvalue weighted by atomic mass is 16.4. The van der Waals surface area contributed by atoms with Crippen LogP contribution in [0.4, 0.5) is 0 Å². The largest absolute Gasteiger partial charge is 0.478 e. The average molecular weight is 392 g/mol. The van der Waals surface area contributed by atoms with Crippen molar-refractivity contribution in [1.29, 1.82) is 0 Å². The summed E-state index contributed by atoms with van der Waals surface area (Å²) < 4.78 is 5.69. The van der Waals surface area contributed by atoms with E-state index in [0.717, 1.165) is 35.9 Å². The first kappa shape index (κ1) is 19.2. The number of benzene rings is 2. The number of para-hydroxylation sites is 2. The fourth-order valence-electron chi connectivity index (χ4n) is 4.00. The number of amides is 1. The van der Waals surface area contributed by atoms with Crippen molar-refractivity contribution in [1.82, 2.24) is 9.88 Å². The van der Waals surface area contributed by atoms with E-state index in [2.05, 4.69) is 4.98 Å². The number of piperidine rings is 1. The molecule has 1 aliphatic heterocycles. The van der Waals surface area contributed by atoms with Crippen LogP contribution >= 0.6 is 0 Å². The number of hydrogen-bond donors (Lipinski definition) is 1. The van der Waals surface area contributed by atoms with Crippen LogP contribution in [0.25, 0.3) is 11.1 Å². The molecule has 0 unspecified atom stereocenters.